The van der Waals surface area contributed by atoms with E-state index in [0.717, 1.165) is 12.1 Å². The fourth-order valence-electron chi connectivity index (χ4n) is 1.36. The van der Waals surface area contributed by atoms with Crippen molar-refractivity contribution in [3.63, 3.8) is 0 Å². The monoisotopic (exact) mass is 274 g/mol. The lowest BCUT2D eigenvalue weighted by molar-refractivity contribution is -0.137. The SMILES string of the molecule is NCc1cc(C(F)(F)F)ccc1Sc1ncn[nH]1. The number of nitrogens with one attached hydrogen (secondary N) is 1. The van der Waals surface area contributed by atoms with Crippen molar-refractivity contribution in [1.82, 2.24) is 15.2 Å². The molecule has 1 aromatic carbocycles. The average Bonchev–Trinajstić information content (AvgIpc) is 2.81. The van der Waals surface area contributed by atoms with Crippen LogP contribution in [0.1, 0.15) is 11.1 Å². The maximum absolute atomic E-state index is 12.5. The Hall–Kier alpha value is -1.54. The summed E-state index contributed by atoms with van der Waals surface area (Å²) in [5.41, 5.74) is 5.18. The zero-order valence-corrected chi connectivity index (χ0v) is 9.85. The summed E-state index contributed by atoms with van der Waals surface area (Å²) < 4.78 is 37.6. The Kier molecular flexibility index (Phi) is 3.58. The lowest BCUT2D eigenvalue weighted by Gasteiger charge is -2.11. The van der Waals surface area contributed by atoms with E-state index in [1.807, 2.05) is 0 Å². The molecular weight excluding hydrogens is 265 g/mol. The van der Waals surface area contributed by atoms with E-state index >= 15 is 0 Å². The number of benzene rings is 1. The Balaban J connectivity index is 2.32. The molecule has 0 spiro atoms. The van der Waals surface area contributed by atoms with Crippen LogP contribution in [0.5, 0.6) is 0 Å². The Labute approximate surface area is 105 Å². The van der Waals surface area contributed by atoms with E-state index < -0.39 is 11.7 Å². The standard InChI is InChI=1S/C10H9F3N4S/c11-10(12,13)7-1-2-8(6(3-7)4-14)18-9-15-5-16-17-9/h1-3,5H,4,14H2,(H,15,16,17). The zero-order valence-electron chi connectivity index (χ0n) is 9.03. The summed E-state index contributed by atoms with van der Waals surface area (Å²) in [4.78, 5) is 4.52. The van der Waals surface area contributed by atoms with Gasteiger partial charge in [0.15, 0.2) is 5.16 Å². The summed E-state index contributed by atoms with van der Waals surface area (Å²) in [6, 6.07) is 3.47. The molecule has 0 amide bonds. The van der Waals surface area contributed by atoms with Gasteiger partial charge in [-0.25, -0.2) is 4.98 Å². The maximum atomic E-state index is 12.5. The first-order chi connectivity index (χ1) is 8.50. The molecule has 0 atom stereocenters. The van der Waals surface area contributed by atoms with Gasteiger partial charge >= 0.3 is 6.18 Å². The molecule has 18 heavy (non-hydrogen) atoms. The van der Waals surface area contributed by atoms with Gasteiger partial charge in [0.05, 0.1) is 5.56 Å². The largest absolute Gasteiger partial charge is 0.416 e. The minimum atomic E-state index is -4.36. The molecule has 96 valence electrons. The van der Waals surface area contributed by atoms with Crippen LogP contribution in [0.15, 0.2) is 34.6 Å². The van der Waals surface area contributed by atoms with Gasteiger partial charge < -0.3 is 5.73 Å². The van der Waals surface area contributed by atoms with Crippen molar-refractivity contribution >= 4 is 11.8 Å². The quantitative estimate of drug-likeness (QED) is 0.902. The first-order valence-electron chi connectivity index (χ1n) is 4.94. The molecule has 0 saturated heterocycles. The number of rotatable bonds is 3. The molecule has 0 bridgehead atoms. The molecule has 3 N–H and O–H groups in total. The summed E-state index contributed by atoms with van der Waals surface area (Å²) in [5, 5.41) is 6.79. The van der Waals surface area contributed by atoms with E-state index in [2.05, 4.69) is 15.2 Å². The summed E-state index contributed by atoms with van der Waals surface area (Å²) in [7, 11) is 0. The van der Waals surface area contributed by atoms with Crippen LogP contribution in [-0.4, -0.2) is 15.2 Å². The van der Waals surface area contributed by atoms with Crippen LogP contribution < -0.4 is 5.73 Å². The fourth-order valence-corrected chi connectivity index (χ4v) is 2.18. The number of alkyl halides is 3. The molecule has 0 unspecified atom stereocenters. The van der Waals surface area contributed by atoms with Crippen LogP contribution in [0.4, 0.5) is 13.2 Å². The van der Waals surface area contributed by atoms with Crippen molar-refractivity contribution in [3.8, 4) is 0 Å². The number of H-pyrrole nitrogens is 1. The number of nitrogens with two attached hydrogens (primary N) is 1. The van der Waals surface area contributed by atoms with Gasteiger partial charge in [-0.1, -0.05) is 11.8 Å². The molecule has 2 rings (SSSR count). The molecule has 0 saturated carbocycles. The van der Waals surface area contributed by atoms with Gasteiger partial charge in [-0.3, -0.25) is 5.10 Å². The minimum absolute atomic E-state index is 0.0282. The second-order valence-corrected chi connectivity index (χ2v) is 4.45. The summed E-state index contributed by atoms with van der Waals surface area (Å²) >= 11 is 1.19. The van der Waals surface area contributed by atoms with E-state index in [1.165, 1.54) is 24.2 Å². The van der Waals surface area contributed by atoms with E-state index in [-0.39, 0.29) is 6.54 Å². The number of aromatic amines is 1. The molecule has 8 heteroatoms. The van der Waals surface area contributed by atoms with Gasteiger partial charge in [0.25, 0.3) is 0 Å². The average molecular weight is 274 g/mol. The lowest BCUT2D eigenvalue weighted by Crippen LogP contribution is -2.07. The van der Waals surface area contributed by atoms with Crippen LogP contribution in [0.3, 0.4) is 0 Å². The highest BCUT2D eigenvalue weighted by Gasteiger charge is 2.30. The van der Waals surface area contributed by atoms with E-state index in [9.17, 15) is 13.2 Å². The second-order valence-electron chi connectivity index (χ2n) is 3.42. The van der Waals surface area contributed by atoms with Crippen LogP contribution in [-0.2, 0) is 12.7 Å². The Morgan fingerprint density at radius 3 is 2.67 bits per heavy atom. The predicted octanol–water partition coefficient (Wildman–Crippen LogP) is 2.43. The van der Waals surface area contributed by atoms with Gasteiger partial charge in [-0.15, -0.1) is 0 Å². The molecule has 4 nitrogen and oxygen atoms in total. The van der Waals surface area contributed by atoms with Gasteiger partial charge in [-0.05, 0) is 23.8 Å². The van der Waals surface area contributed by atoms with Gasteiger partial charge in [0.2, 0.25) is 0 Å². The number of nitrogens with zero attached hydrogens (tertiary/aromatic N) is 2. The molecule has 1 aromatic heterocycles. The number of halogens is 3. The minimum Gasteiger partial charge on any atom is -0.326 e. The number of aromatic nitrogens is 3. The molecule has 0 fully saturated rings. The predicted molar refractivity (Wildman–Crippen MR) is 59.8 cm³/mol. The molecule has 0 aliphatic heterocycles. The third kappa shape index (κ3) is 2.82. The first kappa shape index (κ1) is 12.9. The van der Waals surface area contributed by atoms with Gasteiger partial charge in [-0.2, -0.15) is 18.3 Å². The Morgan fingerprint density at radius 1 is 1.33 bits per heavy atom. The molecule has 2 aromatic rings. The van der Waals surface area contributed by atoms with Gasteiger partial charge in [0.1, 0.15) is 6.33 Å². The van der Waals surface area contributed by atoms with Crippen LogP contribution >= 0.6 is 11.8 Å². The normalized spacial score (nSPS) is 11.8. The van der Waals surface area contributed by atoms with E-state index in [4.69, 9.17) is 5.73 Å². The van der Waals surface area contributed by atoms with Gasteiger partial charge in [0, 0.05) is 11.4 Å². The van der Waals surface area contributed by atoms with E-state index in [0.29, 0.717) is 15.6 Å². The number of hydrogen-bond acceptors (Lipinski definition) is 4. The first-order valence-corrected chi connectivity index (χ1v) is 5.76. The maximum Gasteiger partial charge on any atom is 0.416 e. The third-order valence-corrected chi connectivity index (χ3v) is 3.22. The van der Waals surface area contributed by atoms with Crippen molar-refractivity contribution < 1.29 is 13.2 Å². The fraction of sp³-hybridized carbons (Fsp3) is 0.200. The Bertz CT molecular complexity index is 524. The van der Waals surface area contributed by atoms with E-state index in [1.54, 1.807) is 0 Å². The van der Waals surface area contributed by atoms with Crippen LogP contribution in [0.2, 0.25) is 0 Å². The van der Waals surface area contributed by atoms with Crippen molar-refractivity contribution in [2.75, 3.05) is 0 Å². The smallest absolute Gasteiger partial charge is 0.326 e. The highest BCUT2D eigenvalue weighted by Crippen LogP contribution is 2.34. The molecule has 0 aliphatic carbocycles. The second kappa shape index (κ2) is 4.99. The third-order valence-electron chi connectivity index (χ3n) is 2.21. The molecule has 1 heterocycles. The molecule has 0 aliphatic rings. The topological polar surface area (TPSA) is 67.6 Å². The summed E-state index contributed by atoms with van der Waals surface area (Å²) in [5.74, 6) is 0. The summed E-state index contributed by atoms with van der Waals surface area (Å²) in [6.45, 7) is 0.0282. The zero-order chi connectivity index (χ0) is 13.2. The van der Waals surface area contributed by atoms with Crippen molar-refractivity contribution in [1.29, 1.82) is 0 Å². The van der Waals surface area contributed by atoms with Crippen molar-refractivity contribution in [2.45, 2.75) is 22.8 Å². The van der Waals surface area contributed by atoms with Crippen LogP contribution in [0.25, 0.3) is 0 Å². The highest BCUT2D eigenvalue weighted by molar-refractivity contribution is 7.99. The van der Waals surface area contributed by atoms with Crippen molar-refractivity contribution in [3.05, 3.63) is 35.7 Å². The highest BCUT2D eigenvalue weighted by atomic mass is 32.2. The van der Waals surface area contributed by atoms with Crippen molar-refractivity contribution in [2.24, 2.45) is 5.73 Å². The summed E-state index contributed by atoms with van der Waals surface area (Å²) in [6.07, 6.45) is -3.03. The lowest BCUT2D eigenvalue weighted by atomic mass is 10.1. The number of hydrogen-bond donors (Lipinski definition) is 2. The molecular formula is C10H9F3N4S. The Morgan fingerprint density at radius 2 is 2.11 bits per heavy atom. The van der Waals surface area contributed by atoms with Crippen LogP contribution in [0, 0.1) is 0 Å². The molecule has 0 radical (unpaired) electrons.